The highest BCUT2D eigenvalue weighted by Crippen LogP contribution is 2.12. The van der Waals surface area contributed by atoms with Crippen LogP contribution in [0.1, 0.15) is 15.9 Å². The lowest BCUT2D eigenvalue weighted by Crippen LogP contribution is -2.30. The lowest BCUT2D eigenvalue weighted by Gasteiger charge is -2.06. The molecular weight excluding hydrogens is 270 g/mol. The monoisotopic (exact) mass is 281 g/mol. The first-order valence-electron chi connectivity index (χ1n) is 5.15. The van der Waals surface area contributed by atoms with Crippen molar-refractivity contribution >= 4 is 27.3 Å². The molecule has 0 unspecified atom stereocenters. The number of thiophene rings is 1. The zero-order valence-corrected chi connectivity index (χ0v) is 11.2. The van der Waals surface area contributed by atoms with E-state index in [9.17, 15) is 13.2 Å². The van der Waals surface area contributed by atoms with E-state index in [1.165, 1.54) is 23.5 Å². The maximum absolute atomic E-state index is 11.9. The van der Waals surface area contributed by atoms with E-state index in [1.54, 1.807) is 29.0 Å². The van der Waals surface area contributed by atoms with Gasteiger partial charge in [-0.2, -0.15) is 11.3 Å². The average molecular weight is 281 g/mol. The molecule has 18 heavy (non-hydrogen) atoms. The van der Waals surface area contributed by atoms with E-state index >= 15 is 0 Å². The second kappa shape index (κ2) is 4.91. The molecule has 2 rings (SSSR count). The number of aryl methyl sites for hydroxylation is 1. The molecule has 1 amide bonds. The zero-order valence-electron chi connectivity index (χ0n) is 9.58. The van der Waals surface area contributed by atoms with Gasteiger partial charge in [0, 0.05) is 5.38 Å². The highest BCUT2D eigenvalue weighted by Gasteiger charge is 2.18. The molecule has 94 valence electrons. The number of carbonyl (C=O) groups excluding carboxylic acids is 1. The van der Waals surface area contributed by atoms with Crippen molar-refractivity contribution in [3.05, 3.63) is 52.2 Å². The highest BCUT2D eigenvalue weighted by atomic mass is 32.2. The fraction of sp³-hybridized carbons (Fsp3) is 0.0833. The summed E-state index contributed by atoms with van der Waals surface area (Å²) in [6, 6.07) is 7.88. The third-order valence-electron chi connectivity index (χ3n) is 2.34. The van der Waals surface area contributed by atoms with Crippen molar-refractivity contribution in [2.45, 2.75) is 11.8 Å². The van der Waals surface area contributed by atoms with Crippen LogP contribution in [0.5, 0.6) is 0 Å². The minimum absolute atomic E-state index is 0.0803. The minimum atomic E-state index is -3.80. The van der Waals surface area contributed by atoms with E-state index in [0.717, 1.165) is 5.56 Å². The fourth-order valence-corrected chi connectivity index (χ4v) is 2.96. The molecule has 1 aromatic heterocycles. The van der Waals surface area contributed by atoms with Gasteiger partial charge in [0.05, 0.1) is 10.5 Å². The van der Waals surface area contributed by atoms with Crippen molar-refractivity contribution in [3.8, 4) is 0 Å². The summed E-state index contributed by atoms with van der Waals surface area (Å²) >= 11 is 1.34. The molecular formula is C12H11NO3S2. The van der Waals surface area contributed by atoms with Crippen LogP contribution >= 0.6 is 11.3 Å². The molecule has 1 N–H and O–H groups in total. The standard InChI is InChI=1S/C12H11NO3S2/c1-9-2-4-11(5-3-9)18(15,16)13-12(14)10-6-7-17-8-10/h2-8H,1H3,(H,13,14). The smallest absolute Gasteiger partial charge is 0.265 e. The molecule has 0 spiro atoms. The van der Waals surface area contributed by atoms with Gasteiger partial charge in [-0.1, -0.05) is 17.7 Å². The summed E-state index contributed by atoms with van der Waals surface area (Å²) in [5, 5.41) is 3.31. The van der Waals surface area contributed by atoms with Crippen molar-refractivity contribution < 1.29 is 13.2 Å². The van der Waals surface area contributed by atoms with Crippen LogP contribution in [-0.4, -0.2) is 14.3 Å². The number of amides is 1. The number of nitrogens with one attached hydrogen (secondary N) is 1. The predicted octanol–water partition coefficient (Wildman–Crippen LogP) is 2.18. The van der Waals surface area contributed by atoms with E-state index in [-0.39, 0.29) is 4.90 Å². The van der Waals surface area contributed by atoms with Crippen LogP contribution in [0.15, 0.2) is 46.0 Å². The summed E-state index contributed by atoms with van der Waals surface area (Å²) in [5.41, 5.74) is 1.30. The van der Waals surface area contributed by atoms with Gasteiger partial charge >= 0.3 is 0 Å². The molecule has 6 heteroatoms. The molecule has 1 heterocycles. The number of hydrogen-bond donors (Lipinski definition) is 1. The van der Waals surface area contributed by atoms with Gasteiger partial charge in [0.15, 0.2) is 0 Å². The maximum atomic E-state index is 11.9. The average Bonchev–Trinajstić information content (AvgIpc) is 2.82. The van der Waals surface area contributed by atoms with Gasteiger partial charge < -0.3 is 0 Å². The van der Waals surface area contributed by atoms with Crippen LogP contribution in [0, 0.1) is 6.92 Å². The molecule has 0 atom stereocenters. The van der Waals surface area contributed by atoms with Gasteiger partial charge in [-0.3, -0.25) is 4.79 Å². The summed E-state index contributed by atoms with van der Waals surface area (Å²) in [7, 11) is -3.80. The van der Waals surface area contributed by atoms with Gasteiger partial charge in [-0.25, -0.2) is 13.1 Å². The van der Waals surface area contributed by atoms with E-state index in [0.29, 0.717) is 5.56 Å². The molecule has 2 aromatic rings. The number of carbonyl (C=O) groups is 1. The van der Waals surface area contributed by atoms with Crippen molar-refractivity contribution in [3.63, 3.8) is 0 Å². The van der Waals surface area contributed by atoms with Gasteiger partial charge in [0.2, 0.25) is 0 Å². The number of sulfonamides is 1. The second-order valence-corrected chi connectivity index (χ2v) is 6.22. The minimum Gasteiger partial charge on any atom is -0.268 e. The van der Waals surface area contributed by atoms with Crippen LogP contribution in [0.2, 0.25) is 0 Å². The molecule has 0 radical (unpaired) electrons. The molecule has 0 aliphatic heterocycles. The fourth-order valence-electron chi connectivity index (χ4n) is 1.35. The SMILES string of the molecule is Cc1ccc(S(=O)(=O)NC(=O)c2ccsc2)cc1. The van der Waals surface area contributed by atoms with E-state index in [1.807, 2.05) is 11.6 Å². The lowest BCUT2D eigenvalue weighted by atomic mass is 10.2. The molecule has 0 saturated heterocycles. The Morgan fingerprint density at radius 2 is 1.83 bits per heavy atom. The lowest BCUT2D eigenvalue weighted by molar-refractivity contribution is 0.0982. The summed E-state index contributed by atoms with van der Waals surface area (Å²) in [6.45, 7) is 1.86. The van der Waals surface area contributed by atoms with Gasteiger partial charge in [-0.05, 0) is 30.5 Å². The normalized spacial score (nSPS) is 11.2. The Labute approximate surface area is 109 Å². The van der Waals surface area contributed by atoms with Gasteiger partial charge in [-0.15, -0.1) is 0 Å². The zero-order chi connectivity index (χ0) is 13.2. The highest BCUT2D eigenvalue weighted by molar-refractivity contribution is 7.90. The van der Waals surface area contributed by atoms with Crippen LogP contribution in [0.4, 0.5) is 0 Å². The maximum Gasteiger partial charge on any atom is 0.265 e. The topological polar surface area (TPSA) is 63.2 Å². The quantitative estimate of drug-likeness (QED) is 0.938. The largest absolute Gasteiger partial charge is 0.268 e. The Morgan fingerprint density at radius 3 is 2.39 bits per heavy atom. The molecule has 0 fully saturated rings. The third-order valence-corrected chi connectivity index (χ3v) is 4.37. The first kappa shape index (κ1) is 12.8. The third kappa shape index (κ3) is 2.77. The number of hydrogen-bond acceptors (Lipinski definition) is 4. The second-order valence-electron chi connectivity index (χ2n) is 3.76. The summed E-state index contributed by atoms with van der Waals surface area (Å²) in [4.78, 5) is 11.8. The predicted molar refractivity (Wildman–Crippen MR) is 70.2 cm³/mol. The Kier molecular flexibility index (Phi) is 3.49. The van der Waals surface area contributed by atoms with E-state index < -0.39 is 15.9 Å². The summed E-state index contributed by atoms with van der Waals surface area (Å²) in [5.74, 6) is -0.614. The Balaban J connectivity index is 2.22. The molecule has 0 aliphatic carbocycles. The van der Waals surface area contributed by atoms with Gasteiger partial charge in [0.1, 0.15) is 0 Å². The van der Waals surface area contributed by atoms with Gasteiger partial charge in [0.25, 0.3) is 15.9 Å². The summed E-state index contributed by atoms with van der Waals surface area (Å²) in [6.07, 6.45) is 0. The molecule has 4 nitrogen and oxygen atoms in total. The van der Waals surface area contributed by atoms with Crippen molar-refractivity contribution in [1.29, 1.82) is 0 Å². The number of benzene rings is 1. The van der Waals surface area contributed by atoms with Crippen LogP contribution < -0.4 is 4.72 Å². The van der Waals surface area contributed by atoms with E-state index in [4.69, 9.17) is 0 Å². The van der Waals surface area contributed by atoms with Crippen molar-refractivity contribution in [1.82, 2.24) is 4.72 Å². The summed E-state index contributed by atoms with van der Waals surface area (Å²) < 4.78 is 25.9. The molecule has 0 bridgehead atoms. The number of rotatable bonds is 3. The Hall–Kier alpha value is -1.66. The van der Waals surface area contributed by atoms with Crippen LogP contribution in [-0.2, 0) is 10.0 Å². The first-order chi connectivity index (χ1) is 8.49. The first-order valence-corrected chi connectivity index (χ1v) is 7.58. The Morgan fingerprint density at radius 1 is 1.17 bits per heavy atom. The van der Waals surface area contributed by atoms with Crippen LogP contribution in [0.25, 0.3) is 0 Å². The molecule has 1 aromatic carbocycles. The molecule has 0 saturated carbocycles. The Bertz CT molecular complexity index is 643. The molecule has 0 aliphatic rings. The van der Waals surface area contributed by atoms with Crippen LogP contribution in [0.3, 0.4) is 0 Å². The van der Waals surface area contributed by atoms with Crippen molar-refractivity contribution in [2.24, 2.45) is 0 Å². The van der Waals surface area contributed by atoms with Crippen molar-refractivity contribution in [2.75, 3.05) is 0 Å². The van der Waals surface area contributed by atoms with E-state index in [2.05, 4.69) is 0 Å².